The Labute approximate surface area is 176 Å². The standard InChI is InChI=1S/C25H24N2O3/c1-16-6-8-21(22(10-16)14-26)15-30-23-11-18(3)27(25(28)13-23)24-12-20(19(4)29-5)9-7-17(24)2/h6-13H,4,15H2,1-3,5H3. The minimum atomic E-state index is -0.197. The molecule has 5 nitrogen and oxygen atoms in total. The minimum absolute atomic E-state index is 0.197. The van der Waals surface area contributed by atoms with E-state index < -0.39 is 0 Å². The van der Waals surface area contributed by atoms with E-state index in [1.807, 2.05) is 63.2 Å². The Balaban J connectivity index is 1.93. The smallest absolute Gasteiger partial charge is 0.259 e. The third kappa shape index (κ3) is 4.28. The Morgan fingerprint density at radius 3 is 2.53 bits per heavy atom. The molecule has 0 fully saturated rings. The van der Waals surface area contributed by atoms with Crippen LogP contribution in [0.5, 0.6) is 5.75 Å². The lowest BCUT2D eigenvalue weighted by atomic mass is 10.1. The monoisotopic (exact) mass is 400 g/mol. The van der Waals surface area contributed by atoms with Gasteiger partial charge in [0.2, 0.25) is 0 Å². The van der Waals surface area contributed by atoms with E-state index in [9.17, 15) is 10.1 Å². The molecule has 0 unspecified atom stereocenters. The first-order valence-electron chi connectivity index (χ1n) is 9.54. The Bertz CT molecular complexity index is 1220. The van der Waals surface area contributed by atoms with E-state index in [0.717, 1.165) is 33.6 Å². The Morgan fingerprint density at radius 1 is 1.10 bits per heavy atom. The first kappa shape index (κ1) is 20.9. The van der Waals surface area contributed by atoms with E-state index in [1.165, 1.54) is 6.07 Å². The number of aromatic nitrogens is 1. The normalized spacial score (nSPS) is 10.4. The zero-order valence-electron chi connectivity index (χ0n) is 17.7. The second-order valence-electron chi connectivity index (χ2n) is 7.20. The van der Waals surface area contributed by atoms with Gasteiger partial charge < -0.3 is 9.47 Å². The summed E-state index contributed by atoms with van der Waals surface area (Å²) in [6.45, 7) is 9.85. The Morgan fingerprint density at radius 2 is 1.87 bits per heavy atom. The SMILES string of the molecule is C=C(OC)c1ccc(C)c(-n2c(C)cc(OCc3ccc(C)cc3C#N)cc2=O)c1. The van der Waals surface area contributed by atoms with E-state index in [4.69, 9.17) is 9.47 Å². The fourth-order valence-corrected chi connectivity index (χ4v) is 3.29. The van der Waals surface area contributed by atoms with Crippen LogP contribution in [0.1, 0.15) is 33.5 Å². The summed E-state index contributed by atoms with van der Waals surface area (Å²) in [7, 11) is 1.57. The number of pyridine rings is 1. The van der Waals surface area contributed by atoms with Crippen molar-refractivity contribution in [1.82, 2.24) is 4.57 Å². The van der Waals surface area contributed by atoms with Crippen molar-refractivity contribution in [2.75, 3.05) is 7.11 Å². The maximum absolute atomic E-state index is 12.9. The number of ether oxygens (including phenoxy) is 2. The summed E-state index contributed by atoms with van der Waals surface area (Å²) in [5.74, 6) is 1.00. The van der Waals surface area contributed by atoms with Crippen molar-refractivity contribution >= 4 is 5.76 Å². The topological polar surface area (TPSA) is 64.2 Å². The zero-order chi connectivity index (χ0) is 21.8. The van der Waals surface area contributed by atoms with E-state index in [0.29, 0.717) is 17.1 Å². The van der Waals surface area contributed by atoms with Crippen molar-refractivity contribution in [2.45, 2.75) is 27.4 Å². The van der Waals surface area contributed by atoms with Gasteiger partial charge in [-0.2, -0.15) is 5.26 Å². The molecule has 0 aliphatic rings. The van der Waals surface area contributed by atoms with Gasteiger partial charge in [-0.05, 0) is 44.0 Å². The van der Waals surface area contributed by atoms with Gasteiger partial charge in [-0.1, -0.05) is 30.8 Å². The van der Waals surface area contributed by atoms with Crippen LogP contribution in [0.3, 0.4) is 0 Å². The maximum atomic E-state index is 12.9. The van der Waals surface area contributed by atoms with Crippen LogP contribution < -0.4 is 10.3 Å². The van der Waals surface area contributed by atoms with Crippen LogP contribution in [0, 0.1) is 32.1 Å². The summed E-state index contributed by atoms with van der Waals surface area (Å²) in [4.78, 5) is 12.9. The average Bonchev–Trinajstić information content (AvgIpc) is 2.73. The second kappa shape index (κ2) is 8.71. The van der Waals surface area contributed by atoms with Gasteiger partial charge in [-0.25, -0.2) is 0 Å². The lowest BCUT2D eigenvalue weighted by Gasteiger charge is -2.16. The lowest BCUT2D eigenvalue weighted by molar-refractivity contribution is 0.304. The molecule has 3 rings (SSSR count). The molecule has 0 spiro atoms. The number of benzene rings is 2. The van der Waals surface area contributed by atoms with Gasteiger partial charge in [0.15, 0.2) is 0 Å². The van der Waals surface area contributed by atoms with Crippen molar-refractivity contribution in [2.24, 2.45) is 0 Å². The number of hydrogen-bond acceptors (Lipinski definition) is 4. The quantitative estimate of drug-likeness (QED) is 0.556. The molecule has 152 valence electrons. The van der Waals surface area contributed by atoms with Crippen LogP contribution in [0.25, 0.3) is 11.4 Å². The number of rotatable bonds is 6. The molecule has 3 aromatic rings. The molecular weight excluding hydrogens is 376 g/mol. The van der Waals surface area contributed by atoms with Crippen molar-refractivity contribution in [3.8, 4) is 17.5 Å². The second-order valence-corrected chi connectivity index (χ2v) is 7.20. The van der Waals surface area contributed by atoms with Gasteiger partial charge in [-0.15, -0.1) is 0 Å². The maximum Gasteiger partial charge on any atom is 0.259 e. The van der Waals surface area contributed by atoms with Gasteiger partial charge in [0, 0.05) is 29.0 Å². The van der Waals surface area contributed by atoms with E-state index in [-0.39, 0.29) is 12.2 Å². The van der Waals surface area contributed by atoms with Gasteiger partial charge in [0.25, 0.3) is 5.56 Å². The largest absolute Gasteiger partial charge is 0.497 e. The molecule has 0 aliphatic heterocycles. The Hall–Kier alpha value is -3.78. The molecule has 0 atom stereocenters. The number of aryl methyl sites for hydroxylation is 3. The predicted molar refractivity (Wildman–Crippen MR) is 118 cm³/mol. The fraction of sp³-hybridized carbons (Fsp3) is 0.200. The number of nitrogens with zero attached hydrogens (tertiary/aromatic N) is 2. The summed E-state index contributed by atoms with van der Waals surface area (Å²) < 4.78 is 12.7. The summed E-state index contributed by atoms with van der Waals surface area (Å²) in [5, 5.41) is 9.32. The molecule has 2 aromatic carbocycles. The molecule has 0 radical (unpaired) electrons. The number of hydrogen-bond donors (Lipinski definition) is 0. The van der Waals surface area contributed by atoms with Crippen molar-refractivity contribution in [3.05, 3.63) is 99.0 Å². The molecule has 1 aromatic heterocycles. The first-order valence-corrected chi connectivity index (χ1v) is 9.54. The molecule has 30 heavy (non-hydrogen) atoms. The molecule has 0 amide bonds. The lowest BCUT2D eigenvalue weighted by Crippen LogP contribution is -2.21. The molecule has 0 aliphatic carbocycles. The molecule has 0 saturated heterocycles. The van der Waals surface area contributed by atoms with Gasteiger partial charge in [0.05, 0.1) is 24.4 Å². The van der Waals surface area contributed by atoms with Crippen molar-refractivity contribution in [3.63, 3.8) is 0 Å². The van der Waals surface area contributed by atoms with Crippen LogP contribution >= 0.6 is 0 Å². The van der Waals surface area contributed by atoms with Crippen molar-refractivity contribution < 1.29 is 9.47 Å². The van der Waals surface area contributed by atoms with Crippen LogP contribution in [0.2, 0.25) is 0 Å². The third-order valence-corrected chi connectivity index (χ3v) is 4.99. The highest BCUT2D eigenvalue weighted by Gasteiger charge is 2.12. The predicted octanol–water partition coefficient (Wildman–Crippen LogP) is 4.83. The van der Waals surface area contributed by atoms with E-state index in [2.05, 4.69) is 12.6 Å². The summed E-state index contributed by atoms with van der Waals surface area (Å²) in [6.07, 6.45) is 0. The Kier molecular flexibility index (Phi) is 6.08. The van der Waals surface area contributed by atoms with Crippen LogP contribution in [-0.2, 0) is 11.3 Å². The summed E-state index contributed by atoms with van der Waals surface area (Å²) in [6, 6.07) is 16.8. The summed E-state index contributed by atoms with van der Waals surface area (Å²) in [5.41, 5.74) is 5.46. The minimum Gasteiger partial charge on any atom is -0.497 e. The van der Waals surface area contributed by atoms with Crippen molar-refractivity contribution in [1.29, 1.82) is 5.26 Å². The first-order chi connectivity index (χ1) is 14.3. The molecule has 1 heterocycles. The van der Waals surface area contributed by atoms with Gasteiger partial charge in [0.1, 0.15) is 18.1 Å². The van der Waals surface area contributed by atoms with Crippen LogP contribution in [-0.4, -0.2) is 11.7 Å². The highest BCUT2D eigenvalue weighted by atomic mass is 16.5. The molecular formula is C25H24N2O3. The molecule has 0 saturated carbocycles. The highest BCUT2D eigenvalue weighted by Crippen LogP contribution is 2.23. The number of nitriles is 1. The molecule has 0 bridgehead atoms. The van der Waals surface area contributed by atoms with Crippen LogP contribution in [0.4, 0.5) is 0 Å². The fourth-order valence-electron chi connectivity index (χ4n) is 3.29. The average molecular weight is 400 g/mol. The van der Waals surface area contributed by atoms with E-state index in [1.54, 1.807) is 11.7 Å². The third-order valence-electron chi connectivity index (χ3n) is 4.99. The summed E-state index contributed by atoms with van der Waals surface area (Å²) >= 11 is 0. The number of methoxy groups -OCH3 is 1. The zero-order valence-corrected chi connectivity index (χ0v) is 17.7. The van der Waals surface area contributed by atoms with E-state index >= 15 is 0 Å². The highest BCUT2D eigenvalue weighted by molar-refractivity contribution is 5.62. The van der Waals surface area contributed by atoms with Gasteiger partial charge in [-0.3, -0.25) is 9.36 Å². The molecule has 5 heteroatoms. The molecule has 0 N–H and O–H groups in total. The van der Waals surface area contributed by atoms with Gasteiger partial charge >= 0.3 is 0 Å². The van der Waals surface area contributed by atoms with Crippen LogP contribution in [0.15, 0.2) is 59.9 Å².